The van der Waals surface area contributed by atoms with Gasteiger partial charge in [0.15, 0.2) is 5.76 Å². The molecule has 0 unspecified atom stereocenters. The van der Waals surface area contributed by atoms with Crippen LogP contribution in [0.3, 0.4) is 0 Å². The number of rotatable bonds is 6. The molecule has 2 rings (SSSR count). The lowest BCUT2D eigenvalue weighted by atomic mass is 10.2. The molecule has 1 heterocycles. The summed E-state index contributed by atoms with van der Waals surface area (Å²) in [6, 6.07) is 9.78. The first kappa shape index (κ1) is 14.3. The second kappa shape index (κ2) is 6.86. The van der Waals surface area contributed by atoms with Crippen LogP contribution in [0.15, 0.2) is 34.9 Å². The molecule has 2 aromatic rings. The summed E-state index contributed by atoms with van der Waals surface area (Å²) in [5, 5.41) is 3.79. The van der Waals surface area contributed by atoms with Crippen molar-refractivity contribution in [2.24, 2.45) is 0 Å². The third-order valence-corrected chi connectivity index (χ3v) is 2.76. The lowest BCUT2D eigenvalue weighted by Gasteiger charge is -2.04. The highest BCUT2D eigenvalue weighted by molar-refractivity contribution is 5.91. The third kappa shape index (κ3) is 3.45. The van der Waals surface area contributed by atoms with Crippen molar-refractivity contribution in [2.75, 3.05) is 6.61 Å². The summed E-state index contributed by atoms with van der Waals surface area (Å²) in [4.78, 5) is 11.8. The van der Waals surface area contributed by atoms with Gasteiger partial charge in [-0.2, -0.15) is 0 Å². The molecule has 0 radical (unpaired) electrons. The lowest BCUT2D eigenvalue weighted by molar-refractivity contribution is 0.0507. The Hall–Kier alpha value is -2.14. The summed E-state index contributed by atoms with van der Waals surface area (Å²) in [7, 11) is 0. The van der Waals surface area contributed by atoms with E-state index in [1.807, 2.05) is 30.3 Å². The van der Waals surface area contributed by atoms with Gasteiger partial charge in [0.1, 0.15) is 12.2 Å². The number of carbonyl (C=O) groups excluding carboxylic acids is 1. The summed E-state index contributed by atoms with van der Waals surface area (Å²) < 4.78 is 15.6. The minimum Gasteiger partial charge on any atom is -0.462 e. The van der Waals surface area contributed by atoms with Crippen molar-refractivity contribution in [2.45, 2.75) is 27.1 Å². The normalized spacial score (nSPS) is 10.5. The Kier molecular flexibility index (Phi) is 4.90. The van der Waals surface area contributed by atoms with Gasteiger partial charge in [0.2, 0.25) is 0 Å². The smallest absolute Gasteiger partial charge is 0.343 e. The number of esters is 1. The van der Waals surface area contributed by atoms with Crippen LogP contribution >= 0.6 is 0 Å². The Morgan fingerprint density at radius 2 is 2.00 bits per heavy atom. The Morgan fingerprint density at radius 1 is 1.25 bits per heavy atom. The van der Waals surface area contributed by atoms with Gasteiger partial charge >= 0.3 is 5.97 Å². The number of ether oxygens (including phenoxy) is 2. The molecule has 0 aliphatic rings. The fourth-order valence-electron chi connectivity index (χ4n) is 1.82. The Bertz CT molecular complexity index is 563. The van der Waals surface area contributed by atoms with Gasteiger partial charge in [0.05, 0.1) is 18.9 Å². The zero-order valence-electron chi connectivity index (χ0n) is 11.6. The molecule has 0 N–H and O–H groups in total. The fourth-order valence-corrected chi connectivity index (χ4v) is 1.82. The maximum Gasteiger partial charge on any atom is 0.343 e. The second-order valence-corrected chi connectivity index (χ2v) is 4.27. The quantitative estimate of drug-likeness (QED) is 0.758. The number of carbonyl (C=O) groups is 1. The van der Waals surface area contributed by atoms with Crippen molar-refractivity contribution in [1.82, 2.24) is 5.16 Å². The zero-order chi connectivity index (χ0) is 14.4. The Labute approximate surface area is 117 Å². The van der Waals surface area contributed by atoms with Crippen LogP contribution in [0.2, 0.25) is 0 Å². The van der Waals surface area contributed by atoms with Crippen LogP contribution in [-0.4, -0.2) is 17.7 Å². The summed E-state index contributed by atoms with van der Waals surface area (Å²) in [5.41, 5.74) is 1.93. The van der Waals surface area contributed by atoms with E-state index in [0.29, 0.717) is 30.2 Å². The van der Waals surface area contributed by atoms with Crippen molar-refractivity contribution < 1.29 is 18.8 Å². The minimum absolute atomic E-state index is 0.184. The van der Waals surface area contributed by atoms with Crippen molar-refractivity contribution >= 4 is 5.97 Å². The van der Waals surface area contributed by atoms with E-state index in [1.54, 1.807) is 13.8 Å². The average Bonchev–Trinajstić information content (AvgIpc) is 2.81. The van der Waals surface area contributed by atoms with Gasteiger partial charge in [-0.05, 0) is 19.4 Å². The maximum absolute atomic E-state index is 11.8. The lowest BCUT2D eigenvalue weighted by Crippen LogP contribution is -2.08. The molecule has 0 saturated heterocycles. The van der Waals surface area contributed by atoms with E-state index in [9.17, 15) is 4.79 Å². The predicted molar refractivity (Wildman–Crippen MR) is 72.1 cm³/mol. The second-order valence-electron chi connectivity index (χ2n) is 4.27. The minimum atomic E-state index is -0.426. The van der Waals surface area contributed by atoms with Crippen molar-refractivity contribution in [3.8, 4) is 0 Å². The summed E-state index contributed by atoms with van der Waals surface area (Å²) in [6.45, 7) is 4.41. The van der Waals surface area contributed by atoms with Crippen LogP contribution in [-0.2, 0) is 22.7 Å². The molecule has 20 heavy (non-hydrogen) atoms. The number of hydrogen-bond donors (Lipinski definition) is 0. The van der Waals surface area contributed by atoms with Gasteiger partial charge < -0.3 is 14.0 Å². The van der Waals surface area contributed by atoms with Gasteiger partial charge in [-0.25, -0.2) is 4.79 Å². The van der Waals surface area contributed by atoms with E-state index < -0.39 is 5.97 Å². The monoisotopic (exact) mass is 275 g/mol. The first-order chi connectivity index (χ1) is 9.72. The van der Waals surface area contributed by atoms with Crippen LogP contribution in [0.25, 0.3) is 0 Å². The van der Waals surface area contributed by atoms with Gasteiger partial charge in [-0.15, -0.1) is 0 Å². The van der Waals surface area contributed by atoms with Gasteiger partial charge in [-0.3, -0.25) is 0 Å². The van der Waals surface area contributed by atoms with Crippen LogP contribution in [0.4, 0.5) is 0 Å². The van der Waals surface area contributed by atoms with Crippen molar-refractivity contribution in [3.63, 3.8) is 0 Å². The Balaban J connectivity index is 1.98. The molecule has 5 heteroatoms. The molecule has 0 atom stereocenters. The van der Waals surface area contributed by atoms with Crippen molar-refractivity contribution in [1.29, 1.82) is 0 Å². The summed E-state index contributed by atoms with van der Waals surface area (Å²) in [6.07, 6.45) is 0. The molecular formula is C15H17NO4. The highest BCUT2D eigenvalue weighted by atomic mass is 16.5. The van der Waals surface area contributed by atoms with E-state index in [0.717, 1.165) is 5.56 Å². The van der Waals surface area contributed by atoms with E-state index in [4.69, 9.17) is 14.0 Å². The molecule has 5 nitrogen and oxygen atoms in total. The maximum atomic E-state index is 11.8. The summed E-state index contributed by atoms with van der Waals surface area (Å²) >= 11 is 0. The average molecular weight is 275 g/mol. The first-order valence-electron chi connectivity index (χ1n) is 6.46. The molecule has 0 fully saturated rings. The SMILES string of the molecule is CCOC(=O)c1c(C)noc1COCc1ccccc1. The molecule has 0 aliphatic carbocycles. The number of benzene rings is 1. The molecule has 0 saturated carbocycles. The molecule has 1 aromatic heterocycles. The predicted octanol–water partition coefficient (Wildman–Crippen LogP) is 2.88. The topological polar surface area (TPSA) is 61.6 Å². The van der Waals surface area contributed by atoms with Gasteiger partial charge in [0, 0.05) is 0 Å². The van der Waals surface area contributed by atoms with E-state index >= 15 is 0 Å². The molecule has 0 aliphatic heterocycles. The fraction of sp³-hybridized carbons (Fsp3) is 0.333. The van der Waals surface area contributed by atoms with Gasteiger partial charge in [-0.1, -0.05) is 35.5 Å². The molecule has 0 bridgehead atoms. The highest BCUT2D eigenvalue weighted by Gasteiger charge is 2.21. The molecule has 106 valence electrons. The molecule has 1 aromatic carbocycles. The zero-order valence-corrected chi connectivity index (χ0v) is 11.6. The van der Waals surface area contributed by atoms with E-state index in [2.05, 4.69) is 5.16 Å². The van der Waals surface area contributed by atoms with Crippen LogP contribution in [0.1, 0.15) is 34.3 Å². The number of aryl methyl sites for hydroxylation is 1. The molecule has 0 spiro atoms. The van der Waals surface area contributed by atoms with Crippen LogP contribution < -0.4 is 0 Å². The molecule has 0 amide bonds. The van der Waals surface area contributed by atoms with Gasteiger partial charge in [0.25, 0.3) is 0 Å². The van der Waals surface area contributed by atoms with Crippen molar-refractivity contribution in [3.05, 3.63) is 52.9 Å². The number of aromatic nitrogens is 1. The molecular weight excluding hydrogens is 258 g/mol. The number of hydrogen-bond acceptors (Lipinski definition) is 5. The van der Waals surface area contributed by atoms with Crippen LogP contribution in [0.5, 0.6) is 0 Å². The third-order valence-electron chi connectivity index (χ3n) is 2.76. The number of nitrogens with zero attached hydrogens (tertiary/aromatic N) is 1. The first-order valence-corrected chi connectivity index (χ1v) is 6.46. The Morgan fingerprint density at radius 3 is 2.70 bits per heavy atom. The van der Waals surface area contributed by atoms with E-state index in [-0.39, 0.29) is 6.61 Å². The standard InChI is InChI=1S/C15H17NO4/c1-3-19-15(17)14-11(2)16-20-13(14)10-18-9-12-7-5-4-6-8-12/h4-8H,3,9-10H2,1-2H3. The highest BCUT2D eigenvalue weighted by Crippen LogP contribution is 2.16. The van der Waals surface area contributed by atoms with E-state index in [1.165, 1.54) is 0 Å². The van der Waals surface area contributed by atoms with Crippen LogP contribution in [0, 0.1) is 6.92 Å². The summed E-state index contributed by atoms with van der Waals surface area (Å²) in [5.74, 6) is -0.0264. The largest absolute Gasteiger partial charge is 0.462 e.